The van der Waals surface area contributed by atoms with Gasteiger partial charge in [-0.15, -0.1) is 11.3 Å². The minimum Gasteiger partial charge on any atom is -0.456 e. The lowest BCUT2D eigenvalue weighted by Crippen LogP contribution is -1.92. The number of thiophene rings is 1. The Morgan fingerprint density at radius 1 is 0.175 bits per heavy atom. The molecule has 0 bridgehead atoms. The van der Waals surface area contributed by atoms with Crippen molar-refractivity contribution in [2.45, 2.75) is 0 Å². The zero-order chi connectivity index (χ0) is 67.4. The van der Waals surface area contributed by atoms with Crippen molar-refractivity contribution in [2.24, 2.45) is 0 Å². The molecule has 0 aliphatic rings. The summed E-state index contributed by atoms with van der Waals surface area (Å²) in [5.74, 6) is 0. The third-order valence-electron chi connectivity index (χ3n) is 21.5. The topological polar surface area (TPSA) is 52.6 Å². The van der Waals surface area contributed by atoms with Gasteiger partial charge in [-0.3, -0.25) is 0 Å². The van der Waals surface area contributed by atoms with Crippen molar-refractivity contribution in [3.8, 4) is 66.8 Å². The molecule has 5 heteroatoms. The minimum atomic E-state index is 0.890. The molecule has 0 aliphatic heterocycles. The van der Waals surface area contributed by atoms with Crippen LogP contribution in [-0.4, -0.2) is 0 Å². The molecular weight excluding hydrogens is 1270 g/mol. The van der Waals surface area contributed by atoms with Crippen LogP contribution in [0.3, 0.4) is 0 Å². The lowest BCUT2D eigenvalue weighted by Gasteiger charge is -2.18. The SMILES string of the molecule is c1ccc2c(c1)oc1cc(-c3c4ccccc4c(-c4ccc(-c5ccc6sc7ccccc7c6c5)c5oc6ccccc6c45)c4ccccc34)ccc12.c1ccc2cc(-c3ccc(-c4c5ccccc5c(-c5ccc6c(c5)oc5ccccc56)c5ccccc45)c4c3oc3ccccc34)ccc2c1. The molecule has 0 N–H and O–H groups in total. The number of furan rings is 4. The van der Waals surface area contributed by atoms with Crippen molar-refractivity contribution in [1.82, 2.24) is 0 Å². The molecule has 0 amide bonds. The molecule has 5 heterocycles. The molecule has 0 atom stereocenters. The molecule has 0 fully saturated rings. The molecule has 0 spiro atoms. The molecule has 23 rings (SSSR count). The Morgan fingerprint density at radius 3 is 0.981 bits per heavy atom. The van der Waals surface area contributed by atoms with Crippen LogP contribution in [0.4, 0.5) is 0 Å². The van der Waals surface area contributed by atoms with Gasteiger partial charge < -0.3 is 17.7 Å². The Morgan fingerprint density at radius 2 is 0.505 bits per heavy atom. The van der Waals surface area contributed by atoms with Gasteiger partial charge in [-0.2, -0.15) is 0 Å². The monoisotopic (exact) mass is 1330 g/mol. The molecule has 0 aliphatic carbocycles. The summed E-state index contributed by atoms with van der Waals surface area (Å²) in [5.41, 5.74) is 21.2. The van der Waals surface area contributed by atoms with Gasteiger partial charge in [0.05, 0.1) is 0 Å². The Kier molecular flexibility index (Phi) is 12.6. The lowest BCUT2D eigenvalue weighted by molar-refractivity contribution is 0.668. The van der Waals surface area contributed by atoms with Crippen LogP contribution in [0.1, 0.15) is 0 Å². The molecule has 5 aromatic heterocycles. The highest BCUT2D eigenvalue weighted by molar-refractivity contribution is 7.25. The highest BCUT2D eigenvalue weighted by Gasteiger charge is 2.26. The average molecular weight is 1330 g/mol. The predicted molar refractivity (Wildman–Crippen MR) is 435 cm³/mol. The van der Waals surface area contributed by atoms with Crippen LogP contribution in [0.15, 0.2) is 357 Å². The highest BCUT2D eigenvalue weighted by Crippen LogP contribution is 2.53. The normalized spacial score (nSPS) is 12.1. The Bertz CT molecular complexity index is 7400. The van der Waals surface area contributed by atoms with Gasteiger partial charge in [0.15, 0.2) is 0 Å². The first-order chi connectivity index (χ1) is 51.1. The van der Waals surface area contributed by atoms with Crippen LogP contribution in [0.25, 0.3) is 229 Å². The van der Waals surface area contributed by atoms with E-state index in [-0.39, 0.29) is 0 Å². The van der Waals surface area contributed by atoms with Crippen LogP contribution in [0, 0.1) is 0 Å². The van der Waals surface area contributed by atoms with E-state index in [4.69, 9.17) is 17.7 Å². The quantitative estimate of drug-likeness (QED) is 0.156. The zero-order valence-corrected chi connectivity index (χ0v) is 56.2. The van der Waals surface area contributed by atoms with E-state index in [0.29, 0.717) is 0 Å². The van der Waals surface area contributed by atoms with Gasteiger partial charge in [-0.1, -0.05) is 255 Å². The summed E-state index contributed by atoms with van der Waals surface area (Å²) in [5, 5.41) is 23.7. The van der Waals surface area contributed by atoms with Gasteiger partial charge in [0.1, 0.15) is 44.7 Å². The van der Waals surface area contributed by atoms with Crippen LogP contribution in [-0.2, 0) is 0 Å². The summed E-state index contributed by atoms with van der Waals surface area (Å²) in [6, 6.07) is 122. The van der Waals surface area contributed by atoms with Gasteiger partial charge in [0, 0.05) is 74.4 Å². The first-order valence-electron chi connectivity index (χ1n) is 35.1. The molecule has 0 radical (unpaired) electrons. The molecule has 478 valence electrons. The number of rotatable bonds is 6. The average Bonchev–Trinajstić information content (AvgIpc) is 1.50. The van der Waals surface area contributed by atoms with Gasteiger partial charge in [0.25, 0.3) is 0 Å². The Balaban J connectivity index is 0.000000130. The molecule has 18 aromatic carbocycles. The number of benzene rings is 18. The molecule has 0 saturated heterocycles. The van der Waals surface area contributed by atoms with Crippen LogP contribution in [0.2, 0.25) is 0 Å². The fourth-order valence-corrected chi connectivity index (χ4v) is 18.1. The fraction of sp³-hybridized carbons (Fsp3) is 0. The van der Waals surface area contributed by atoms with Crippen LogP contribution >= 0.6 is 11.3 Å². The van der Waals surface area contributed by atoms with Crippen molar-refractivity contribution in [3.63, 3.8) is 0 Å². The van der Waals surface area contributed by atoms with E-state index < -0.39 is 0 Å². The second kappa shape index (κ2) is 22.6. The summed E-state index contributed by atoms with van der Waals surface area (Å²) < 4.78 is 29.0. The first kappa shape index (κ1) is 57.6. The van der Waals surface area contributed by atoms with Gasteiger partial charge in [-0.25, -0.2) is 0 Å². The lowest BCUT2D eigenvalue weighted by atomic mass is 9.84. The molecule has 4 nitrogen and oxygen atoms in total. The maximum Gasteiger partial charge on any atom is 0.143 e. The number of fused-ring (bicyclic) bond motifs is 20. The van der Waals surface area contributed by atoms with Crippen molar-refractivity contribution < 1.29 is 17.7 Å². The second-order valence-electron chi connectivity index (χ2n) is 27.1. The smallest absolute Gasteiger partial charge is 0.143 e. The number of para-hydroxylation sites is 4. The minimum absolute atomic E-state index is 0.890. The van der Waals surface area contributed by atoms with Gasteiger partial charge >= 0.3 is 0 Å². The summed E-state index contributed by atoms with van der Waals surface area (Å²) >= 11 is 1.85. The number of hydrogen-bond donors (Lipinski definition) is 0. The standard InChI is InChI=1S/C50H28O2S.C48H28O2/c1-3-15-37-35(13-1)47(30-21-23-33-32-11-5-8-18-42(32)51-44(33)28-30)36-14-2-4-16-38(36)48(37)40-25-24-31(50-49(40)39-17-6-9-19-43(39)52-50)29-22-26-46-41(27-29)34-12-7-10-20-45(34)53-46;1-2-12-30-27-31(22-21-29(30)11-1)33-25-26-41(47-40-18-8-10-20-43(40)50-48(33)47)46-38-16-5-3-14-36(38)45(37-15-4-6-17-39(37)46)32-23-24-35-34-13-7-9-19-42(34)49-44(35)28-32/h1-28H;1-28H. The predicted octanol–water partition coefficient (Wildman–Crippen LogP) is 29.1. The Hall–Kier alpha value is -13.3. The van der Waals surface area contributed by atoms with E-state index in [2.05, 4.69) is 315 Å². The third kappa shape index (κ3) is 8.83. The molecule has 0 unspecified atom stereocenters. The van der Waals surface area contributed by atoms with E-state index in [9.17, 15) is 0 Å². The van der Waals surface area contributed by atoms with Crippen molar-refractivity contribution in [2.75, 3.05) is 0 Å². The van der Waals surface area contributed by atoms with E-state index >= 15 is 0 Å². The Labute approximate surface area is 593 Å². The summed E-state index contributed by atoms with van der Waals surface area (Å²) in [7, 11) is 0. The van der Waals surface area contributed by atoms with Crippen LogP contribution < -0.4 is 0 Å². The molecular formula is C98H56O4S. The van der Waals surface area contributed by atoms with Crippen molar-refractivity contribution in [3.05, 3.63) is 340 Å². The van der Waals surface area contributed by atoms with E-state index in [0.717, 1.165) is 121 Å². The molecule has 103 heavy (non-hydrogen) atoms. The summed E-state index contributed by atoms with van der Waals surface area (Å²) in [6.45, 7) is 0. The first-order valence-corrected chi connectivity index (χ1v) is 35.9. The maximum atomic E-state index is 6.86. The van der Waals surface area contributed by atoms with E-state index in [1.807, 2.05) is 35.6 Å². The van der Waals surface area contributed by atoms with Crippen LogP contribution in [0.5, 0.6) is 0 Å². The van der Waals surface area contributed by atoms with Crippen molar-refractivity contribution in [1.29, 1.82) is 0 Å². The third-order valence-corrected chi connectivity index (χ3v) is 22.7. The van der Waals surface area contributed by atoms with E-state index in [1.54, 1.807) is 0 Å². The fourth-order valence-electron chi connectivity index (χ4n) is 17.0. The van der Waals surface area contributed by atoms with E-state index in [1.165, 1.54) is 107 Å². The summed E-state index contributed by atoms with van der Waals surface area (Å²) in [6.07, 6.45) is 0. The molecule has 0 saturated carbocycles. The molecule has 23 aromatic rings. The highest BCUT2D eigenvalue weighted by atomic mass is 32.1. The van der Waals surface area contributed by atoms with Gasteiger partial charge in [0.2, 0.25) is 0 Å². The van der Waals surface area contributed by atoms with Crippen molar-refractivity contribution >= 4 is 173 Å². The number of hydrogen-bond acceptors (Lipinski definition) is 5. The zero-order valence-electron chi connectivity index (χ0n) is 55.4. The van der Waals surface area contributed by atoms with Gasteiger partial charge in [-0.05, 0) is 194 Å². The largest absolute Gasteiger partial charge is 0.456 e. The second-order valence-corrected chi connectivity index (χ2v) is 28.2. The maximum absolute atomic E-state index is 6.86. The summed E-state index contributed by atoms with van der Waals surface area (Å²) in [4.78, 5) is 0.